The lowest BCUT2D eigenvalue weighted by molar-refractivity contribution is -0.389. The molecule has 1 amide bonds. The predicted octanol–water partition coefficient (Wildman–Crippen LogP) is 4.02. The quantitative estimate of drug-likeness (QED) is 0.381. The number of aromatic nitrogens is 2. The zero-order valence-electron chi connectivity index (χ0n) is 17.4. The summed E-state index contributed by atoms with van der Waals surface area (Å²) in [7, 11) is 0. The highest BCUT2D eigenvalue weighted by molar-refractivity contribution is 7.17. The molecule has 0 saturated carbocycles. The molecule has 3 rings (SSSR count). The molecule has 0 aliphatic heterocycles. The average molecular weight is 435 g/mol. The highest BCUT2D eigenvalue weighted by atomic mass is 32.1. The van der Waals surface area contributed by atoms with Crippen molar-refractivity contribution in [1.29, 1.82) is 0 Å². The molecule has 0 saturated heterocycles. The number of amides is 1. The van der Waals surface area contributed by atoms with E-state index in [9.17, 15) is 19.7 Å². The molecule has 162 valence electrons. The van der Waals surface area contributed by atoms with Crippen LogP contribution in [0.2, 0.25) is 0 Å². The summed E-state index contributed by atoms with van der Waals surface area (Å²) < 4.78 is 6.98. The van der Waals surface area contributed by atoms with E-state index >= 15 is 0 Å². The molecule has 30 heavy (non-hydrogen) atoms. The van der Waals surface area contributed by atoms with Crippen molar-refractivity contribution in [2.45, 2.75) is 71.9 Å². The lowest BCUT2D eigenvalue weighted by Gasteiger charge is -2.15. The summed E-state index contributed by atoms with van der Waals surface area (Å²) in [6, 6.07) is 1.37. The topological polar surface area (TPSA) is 116 Å². The molecule has 2 aromatic rings. The number of nitrogens with one attached hydrogen (secondary N) is 1. The number of nitrogens with zero attached hydrogens (tertiary/aromatic N) is 3. The summed E-state index contributed by atoms with van der Waals surface area (Å²) in [5.41, 5.74) is 2.08. The third kappa shape index (κ3) is 4.86. The van der Waals surface area contributed by atoms with E-state index in [1.807, 2.05) is 13.8 Å². The van der Waals surface area contributed by atoms with Gasteiger partial charge in [-0.15, -0.1) is 11.3 Å². The van der Waals surface area contributed by atoms with Crippen LogP contribution in [0, 0.1) is 17.0 Å². The van der Waals surface area contributed by atoms with E-state index in [4.69, 9.17) is 4.74 Å². The maximum Gasteiger partial charge on any atom is 0.390 e. The van der Waals surface area contributed by atoms with Gasteiger partial charge in [0.2, 0.25) is 5.91 Å². The van der Waals surface area contributed by atoms with Gasteiger partial charge < -0.3 is 20.2 Å². The van der Waals surface area contributed by atoms with Crippen molar-refractivity contribution in [3.05, 3.63) is 37.9 Å². The first-order valence-corrected chi connectivity index (χ1v) is 11.0. The first kappa shape index (κ1) is 21.9. The number of aryl methyl sites for hydroxylation is 3. The second kappa shape index (κ2) is 9.38. The Morgan fingerprint density at radius 1 is 1.40 bits per heavy atom. The molecule has 0 radical (unpaired) electrons. The molecule has 0 bridgehead atoms. The third-order valence-corrected chi connectivity index (χ3v) is 6.42. The van der Waals surface area contributed by atoms with Crippen LogP contribution in [0.5, 0.6) is 0 Å². The normalized spacial score (nSPS) is 14.1. The van der Waals surface area contributed by atoms with E-state index in [0.717, 1.165) is 42.5 Å². The second-order valence-corrected chi connectivity index (χ2v) is 8.57. The van der Waals surface area contributed by atoms with Crippen LogP contribution in [0.25, 0.3) is 0 Å². The minimum Gasteiger partial charge on any atom is -0.459 e. The minimum atomic E-state index is -0.561. The van der Waals surface area contributed by atoms with Crippen molar-refractivity contribution in [2.24, 2.45) is 0 Å². The van der Waals surface area contributed by atoms with Crippen LogP contribution in [0.4, 0.5) is 10.8 Å². The summed E-state index contributed by atoms with van der Waals surface area (Å²) >= 11 is 1.44. The van der Waals surface area contributed by atoms with Gasteiger partial charge in [-0.05, 0) is 56.4 Å². The zero-order valence-corrected chi connectivity index (χ0v) is 18.2. The van der Waals surface area contributed by atoms with Gasteiger partial charge in [0.15, 0.2) is 0 Å². The smallest absolute Gasteiger partial charge is 0.390 e. The van der Waals surface area contributed by atoms with Crippen molar-refractivity contribution < 1.29 is 19.2 Å². The summed E-state index contributed by atoms with van der Waals surface area (Å²) in [5, 5.41) is 18.1. The number of hydrogen-bond acceptors (Lipinski definition) is 7. The molecular formula is C20H26N4O5S. The van der Waals surface area contributed by atoms with Crippen LogP contribution >= 0.6 is 11.3 Å². The molecule has 0 aromatic carbocycles. The molecule has 9 nitrogen and oxygen atoms in total. The maximum atomic E-state index is 12.8. The van der Waals surface area contributed by atoms with Crippen LogP contribution < -0.4 is 5.32 Å². The van der Waals surface area contributed by atoms with Crippen LogP contribution in [0.3, 0.4) is 0 Å². The fourth-order valence-corrected chi connectivity index (χ4v) is 4.69. The van der Waals surface area contributed by atoms with Gasteiger partial charge in [0, 0.05) is 11.3 Å². The monoisotopic (exact) mass is 434 g/mol. The average Bonchev–Trinajstić information content (AvgIpc) is 3.26. The number of carbonyl (C=O) groups excluding carboxylic acids is 2. The number of carbonyl (C=O) groups is 2. The molecule has 0 spiro atoms. The van der Waals surface area contributed by atoms with Gasteiger partial charge in [0.1, 0.15) is 5.00 Å². The molecule has 2 aromatic heterocycles. The Morgan fingerprint density at radius 2 is 2.13 bits per heavy atom. The van der Waals surface area contributed by atoms with Gasteiger partial charge in [0.25, 0.3) is 0 Å². The third-order valence-electron chi connectivity index (χ3n) is 5.22. The molecular weight excluding hydrogens is 408 g/mol. The van der Waals surface area contributed by atoms with Gasteiger partial charge in [-0.2, -0.15) is 4.68 Å². The minimum absolute atomic E-state index is 0.0854. The lowest BCUT2D eigenvalue weighted by atomic mass is 9.95. The summed E-state index contributed by atoms with van der Waals surface area (Å²) in [6.45, 7) is 5.71. The second-order valence-electron chi connectivity index (χ2n) is 7.46. The summed E-state index contributed by atoms with van der Waals surface area (Å²) in [5.74, 6) is -0.907. The number of thiophene rings is 1. The number of ether oxygens (including phenoxy) is 1. The van der Waals surface area contributed by atoms with Gasteiger partial charge in [0.05, 0.1) is 35.1 Å². The Hall–Kier alpha value is -2.75. The molecule has 1 atom stereocenters. The number of rotatable bonds is 8. The van der Waals surface area contributed by atoms with Crippen molar-refractivity contribution in [2.75, 3.05) is 5.32 Å². The van der Waals surface area contributed by atoms with E-state index in [0.29, 0.717) is 16.3 Å². The van der Waals surface area contributed by atoms with Gasteiger partial charge in [-0.25, -0.2) is 4.79 Å². The molecule has 1 unspecified atom stereocenters. The van der Waals surface area contributed by atoms with Crippen molar-refractivity contribution in [1.82, 2.24) is 9.78 Å². The maximum absolute atomic E-state index is 12.8. The lowest BCUT2D eigenvalue weighted by Crippen LogP contribution is -2.19. The number of nitro groups is 1. The SMILES string of the molecule is CCC(C)OC(=O)c1c(NC(=O)CCn2nc([N+](=O)[O-])cc2C)sc2c1CCCC2. The first-order valence-electron chi connectivity index (χ1n) is 10.1. The van der Waals surface area contributed by atoms with Crippen molar-refractivity contribution in [3.63, 3.8) is 0 Å². The Bertz CT molecular complexity index is 965. The van der Waals surface area contributed by atoms with E-state index in [2.05, 4.69) is 10.4 Å². The first-order chi connectivity index (χ1) is 14.3. The predicted molar refractivity (Wildman–Crippen MR) is 113 cm³/mol. The van der Waals surface area contributed by atoms with Crippen LogP contribution in [0.15, 0.2) is 6.07 Å². The van der Waals surface area contributed by atoms with Gasteiger partial charge in [-0.3, -0.25) is 4.79 Å². The van der Waals surface area contributed by atoms with E-state index < -0.39 is 10.9 Å². The van der Waals surface area contributed by atoms with Crippen molar-refractivity contribution in [3.8, 4) is 0 Å². The molecule has 1 aliphatic rings. The standard InChI is InChI=1S/C20H26N4O5S/c1-4-13(3)29-20(26)18-14-7-5-6-8-15(14)30-19(18)21-17(25)9-10-23-12(2)11-16(22-23)24(27)28/h11,13H,4-10H2,1-3H3,(H,21,25). The van der Waals surface area contributed by atoms with Crippen LogP contribution in [0.1, 0.15) is 66.0 Å². The fourth-order valence-electron chi connectivity index (χ4n) is 3.40. The Morgan fingerprint density at radius 3 is 2.80 bits per heavy atom. The molecule has 1 aliphatic carbocycles. The van der Waals surface area contributed by atoms with Crippen LogP contribution in [-0.2, 0) is 28.9 Å². The molecule has 10 heteroatoms. The van der Waals surface area contributed by atoms with E-state index in [-0.39, 0.29) is 30.8 Å². The largest absolute Gasteiger partial charge is 0.459 e. The number of esters is 1. The Balaban J connectivity index is 1.73. The molecule has 1 N–H and O–H groups in total. The fraction of sp³-hybridized carbons (Fsp3) is 0.550. The van der Waals surface area contributed by atoms with Gasteiger partial charge >= 0.3 is 11.8 Å². The highest BCUT2D eigenvalue weighted by Crippen LogP contribution is 2.38. The Labute approximate surface area is 178 Å². The highest BCUT2D eigenvalue weighted by Gasteiger charge is 2.28. The summed E-state index contributed by atoms with van der Waals surface area (Å²) in [6.07, 6.45) is 4.39. The molecule has 2 heterocycles. The summed E-state index contributed by atoms with van der Waals surface area (Å²) in [4.78, 5) is 36.8. The van der Waals surface area contributed by atoms with E-state index in [1.165, 1.54) is 22.1 Å². The number of fused-ring (bicyclic) bond motifs is 1. The van der Waals surface area contributed by atoms with Gasteiger partial charge in [-0.1, -0.05) is 6.92 Å². The number of hydrogen-bond donors (Lipinski definition) is 1. The van der Waals surface area contributed by atoms with Crippen LogP contribution in [-0.4, -0.2) is 32.7 Å². The number of anilines is 1. The van der Waals surface area contributed by atoms with E-state index in [1.54, 1.807) is 6.92 Å². The molecule has 0 fully saturated rings. The Kier molecular flexibility index (Phi) is 6.86. The van der Waals surface area contributed by atoms with Crippen molar-refractivity contribution >= 4 is 34.0 Å². The zero-order chi connectivity index (χ0) is 21.8.